The van der Waals surface area contributed by atoms with Crippen LogP contribution in [0.2, 0.25) is 5.02 Å². The summed E-state index contributed by atoms with van der Waals surface area (Å²) in [5.74, 6) is -1.09. The molecule has 0 fully saturated rings. The molecule has 1 N–H and O–H groups in total. The number of carbonyl (C=O) groups is 1. The molecule has 5 rings (SSSR count). The summed E-state index contributed by atoms with van der Waals surface area (Å²) < 4.78 is 2.22. The number of non-ortho nitro benzene ring substituents is 1. The van der Waals surface area contributed by atoms with Crippen LogP contribution < -0.4 is 16.6 Å². The van der Waals surface area contributed by atoms with Crippen LogP contribution in [-0.2, 0) is 14.1 Å². The second-order valence-corrected chi connectivity index (χ2v) is 8.06. The second kappa shape index (κ2) is 6.76. The third kappa shape index (κ3) is 2.54. The smallest absolute Gasteiger partial charge is 0.332 e. The summed E-state index contributed by atoms with van der Waals surface area (Å²) >= 11 is 6.46. The van der Waals surface area contributed by atoms with Crippen LogP contribution in [0.15, 0.2) is 57.6 Å². The van der Waals surface area contributed by atoms with Gasteiger partial charge in [0.1, 0.15) is 5.82 Å². The molecule has 1 atom stereocenters. The van der Waals surface area contributed by atoms with Crippen molar-refractivity contribution in [1.29, 1.82) is 0 Å². The third-order valence-electron chi connectivity index (χ3n) is 5.98. The predicted octanol–water partition coefficient (Wildman–Crippen LogP) is 2.81. The Morgan fingerprint density at radius 3 is 2.41 bits per heavy atom. The van der Waals surface area contributed by atoms with E-state index in [1.165, 1.54) is 36.9 Å². The zero-order valence-electron chi connectivity index (χ0n) is 16.9. The number of nitro benzene ring substituents is 1. The first-order chi connectivity index (χ1) is 15.2. The summed E-state index contributed by atoms with van der Waals surface area (Å²) in [6.07, 6.45) is 0. The molecular formula is C22H15ClN4O5. The summed E-state index contributed by atoms with van der Waals surface area (Å²) in [6.45, 7) is 0. The first kappa shape index (κ1) is 20.0. The van der Waals surface area contributed by atoms with Crippen molar-refractivity contribution in [3.8, 4) is 0 Å². The number of hydrogen-bond acceptors (Lipinski definition) is 6. The van der Waals surface area contributed by atoms with Gasteiger partial charge in [0, 0.05) is 48.0 Å². The first-order valence-electron chi connectivity index (χ1n) is 9.61. The number of nitrogens with one attached hydrogen (secondary N) is 1. The van der Waals surface area contributed by atoms with Crippen molar-refractivity contribution in [2.75, 3.05) is 5.32 Å². The number of anilines is 1. The van der Waals surface area contributed by atoms with E-state index in [1.807, 2.05) is 0 Å². The van der Waals surface area contributed by atoms with Crippen molar-refractivity contribution in [2.45, 2.75) is 5.92 Å². The average Bonchev–Trinajstić information content (AvgIpc) is 3.07. The number of nitro groups is 1. The number of nitrogens with zero attached hydrogens (tertiary/aromatic N) is 3. The summed E-state index contributed by atoms with van der Waals surface area (Å²) in [4.78, 5) is 50.2. The van der Waals surface area contributed by atoms with E-state index in [4.69, 9.17) is 11.6 Å². The van der Waals surface area contributed by atoms with Crippen molar-refractivity contribution < 1.29 is 9.72 Å². The van der Waals surface area contributed by atoms with Gasteiger partial charge in [0.25, 0.3) is 11.2 Å². The van der Waals surface area contributed by atoms with Crippen molar-refractivity contribution >= 4 is 34.6 Å². The Bertz CT molecular complexity index is 1530. The molecule has 2 aliphatic rings. The van der Waals surface area contributed by atoms with Gasteiger partial charge in [-0.25, -0.2) is 4.79 Å². The molecule has 0 bridgehead atoms. The SMILES string of the molecule is Cn1c2c(c(=O)n(C)c1=O)C(c1cc([N+](=O)[O-])ccc1Cl)C1=C(N2)c2ccccc2C1=O. The molecule has 1 aliphatic heterocycles. The lowest BCUT2D eigenvalue weighted by molar-refractivity contribution is -0.384. The largest absolute Gasteiger partial charge is 0.340 e. The number of Topliss-reactive ketones (excluding diaryl/α,β-unsaturated/α-hetero) is 1. The molecule has 1 aliphatic carbocycles. The third-order valence-corrected chi connectivity index (χ3v) is 6.32. The maximum atomic E-state index is 13.5. The van der Waals surface area contributed by atoms with E-state index in [2.05, 4.69) is 5.32 Å². The molecule has 3 aromatic rings. The fourth-order valence-electron chi connectivity index (χ4n) is 4.43. The Morgan fingerprint density at radius 2 is 1.72 bits per heavy atom. The van der Waals surface area contributed by atoms with Gasteiger partial charge in [-0.15, -0.1) is 0 Å². The molecule has 1 unspecified atom stereocenters. The molecule has 9 nitrogen and oxygen atoms in total. The van der Waals surface area contributed by atoms with Crippen molar-refractivity contribution in [2.24, 2.45) is 14.1 Å². The van der Waals surface area contributed by atoms with Gasteiger partial charge in [-0.2, -0.15) is 0 Å². The quantitative estimate of drug-likeness (QED) is 0.474. The topological polar surface area (TPSA) is 116 Å². The zero-order valence-corrected chi connectivity index (χ0v) is 17.6. The molecule has 0 amide bonds. The molecule has 32 heavy (non-hydrogen) atoms. The number of allylic oxidation sites excluding steroid dienone is 1. The van der Waals surface area contributed by atoms with Gasteiger partial charge >= 0.3 is 5.69 Å². The Hall–Kier alpha value is -3.98. The van der Waals surface area contributed by atoms with Crippen LogP contribution >= 0.6 is 11.6 Å². The second-order valence-electron chi connectivity index (χ2n) is 7.65. The molecule has 1 aromatic heterocycles. The van der Waals surface area contributed by atoms with E-state index in [1.54, 1.807) is 24.3 Å². The van der Waals surface area contributed by atoms with Crippen molar-refractivity contribution in [1.82, 2.24) is 9.13 Å². The number of aromatic nitrogens is 2. The van der Waals surface area contributed by atoms with Gasteiger partial charge in [0.15, 0.2) is 5.78 Å². The number of halogens is 1. The highest BCUT2D eigenvalue weighted by Crippen LogP contribution is 2.49. The number of benzene rings is 2. The summed E-state index contributed by atoms with van der Waals surface area (Å²) in [7, 11) is 2.85. The van der Waals surface area contributed by atoms with Gasteiger partial charge in [-0.05, 0) is 11.6 Å². The lowest BCUT2D eigenvalue weighted by Crippen LogP contribution is -2.42. The van der Waals surface area contributed by atoms with Gasteiger partial charge in [-0.1, -0.05) is 35.9 Å². The van der Waals surface area contributed by atoms with E-state index in [0.29, 0.717) is 16.8 Å². The predicted molar refractivity (Wildman–Crippen MR) is 118 cm³/mol. The number of hydrogen-bond donors (Lipinski definition) is 1. The van der Waals surface area contributed by atoms with Gasteiger partial charge in [-0.3, -0.25) is 28.8 Å². The molecule has 0 saturated heterocycles. The summed E-state index contributed by atoms with van der Waals surface area (Å²) in [5.41, 5.74) is 0.751. The van der Waals surface area contributed by atoms with E-state index in [-0.39, 0.29) is 39.0 Å². The molecule has 0 spiro atoms. The molecule has 0 saturated carbocycles. The highest BCUT2D eigenvalue weighted by Gasteiger charge is 2.43. The van der Waals surface area contributed by atoms with Crippen molar-refractivity contribution in [3.05, 3.63) is 106 Å². The minimum Gasteiger partial charge on any atom is -0.340 e. The number of rotatable bonds is 2. The molecule has 2 heterocycles. The molecule has 2 aromatic carbocycles. The monoisotopic (exact) mass is 450 g/mol. The fraction of sp³-hybridized carbons (Fsp3) is 0.136. The van der Waals surface area contributed by atoms with Crippen molar-refractivity contribution in [3.63, 3.8) is 0 Å². The maximum absolute atomic E-state index is 13.5. The minimum atomic E-state index is -1.00. The molecular weight excluding hydrogens is 436 g/mol. The van der Waals surface area contributed by atoms with E-state index >= 15 is 0 Å². The summed E-state index contributed by atoms with van der Waals surface area (Å²) in [5, 5.41) is 14.7. The normalized spacial score (nSPS) is 16.3. The van der Waals surface area contributed by atoms with Crippen LogP contribution in [0.4, 0.5) is 11.5 Å². The molecule has 0 radical (unpaired) electrons. The maximum Gasteiger partial charge on any atom is 0.332 e. The van der Waals surface area contributed by atoms with Gasteiger partial charge in [0.2, 0.25) is 0 Å². The number of ketones is 1. The van der Waals surface area contributed by atoms with Crippen LogP contribution in [0, 0.1) is 10.1 Å². The van der Waals surface area contributed by atoms with Gasteiger partial charge in [0.05, 0.1) is 22.1 Å². The van der Waals surface area contributed by atoms with E-state index < -0.39 is 22.1 Å². The Balaban J connectivity index is 1.92. The lowest BCUT2D eigenvalue weighted by atomic mass is 9.81. The Kier molecular flexibility index (Phi) is 4.22. The number of fused-ring (bicyclic) bond motifs is 3. The first-order valence-corrected chi connectivity index (χ1v) is 9.99. The Labute approximate surface area is 185 Å². The van der Waals surface area contributed by atoms with E-state index in [9.17, 15) is 24.5 Å². The highest BCUT2D eigenvalue weighted by molar-refractivity contribution is 6.32. The zero-order chi connectivity index (χ0) is 22.9. The average molecular weight is 451 g/mol. The highest BCUT2D eigenvalue weighted by atomic mass is 35.5. The minimum absolute atomic E-state index is 0.122. The standard InChI is InChI=1S/C22H15ClN4O5/c1-25-20-17(21(29)26(2)22(25)30)15(13-9-10(27(31)32)7-8-14(13)23)16-18(24-20)11-5-3-4-6-12(11)19(16)28/h3-9,15,24H,1-2H3. The van der Waals surface area contributed by atoms with Crippen LogP contribution in [0.5, 0.6) is 0 Å². The van der Waals surface area contributed by atoms with Crippen LogP contribution in [0.3, 0.4) is 0 Å². The fourth-order valence-corrected chi connectivity index (χ4v) is 4.66. The van der Waals surface area contributed by atoms with E-state index in [0.717, 1.165) is 4.57 Å². The molecule has 10 heteroatoms. The van der Waals surface area contributed by atoms with Crippen LogP contribution in [0.1, 0.15) is 33.0 Å². The number of carbonyl (C=O) groups excluding carboxylic acids is 1. The summed E-state index contributed by atoms with van der Waals surface area (Å²) in [6, 6.07) is 10.8. The van der Waals surface area contributed by atoms with Crippen LogP contribution in [-0.4, -0.2) is 19.8 Å². The van der Waals surface area contributed by atoms with Gasteiger partial charge < -0.3 is 5.32 Å². The Morgan fingerprint density at radius 1 is 1.03 bits per heavy atom. The van der Waals surface area contributed by atoms with Crippen LogP contribution in [0.25, 0.3) is 5.70 Å². The lowest BCUT2D eigenvalue weighted by Gasteiger charge is -2.30. The molecule has 160 valence electrons.